The van der Waals surface area contributed by atoms with Crippen LogP contribution in [0.25, 0.3) is 16.8 Å². The molecule has 3 aromatic rings. The Bertz CT molecular complexity index is 970. The summed E-state index contributed by atoms with van der Waals surface area (Å²) in [6, 6.07) is 12.3. The van der Waals surface area contributed by atoms with Crippen LogP contribution in [0.15, 0.2) is 61.2 Å². The molecule has 0 aliphatic carbocycles. The van der Waals surface area contributed by atoms with Crippen LogP contribution in [0.2, 0.25) is 0 Å². The van der Waals surface area contributed by atoms with E-state index in [9.17, 15) is 14.4 Å². The van der Waals surface area contributed by atoms with Gasteiger partial charge in [-0.2, -0.15) is 4.57 Å². The molecule has 0 atom stereocenters. The highest BCUT2D eigenvalue weighted by Crippen LogP contribution is 2.22. The average Bonchev–Trinajstić information content (AvgIpc) is 2.60. The van der Waals surface area contributed by atoms with Gasteiger partial charge in [-0.05, 0) is 44.0 Å². The molecule has 0 spiro atoms. The lowest BCUT2D eigenvalue weighted by Gasteiger charge is -2.27. The zero-order chi connectivity index (χ0) is 19.6. The first-order valence-electron chi connectivity index (χ1n) is 8.83. The Balaban J connectivity index is 1.81. The van der Waals surface area contributed by atoms with E-state index in [1.807, 2.05) is 24.5 Å². The molecule has 2 heterocycles. The molecule has 0 bridgehead atoms. The van der Waals surface area contributed by atoms with Gasteiger partial charge in [0, 0.05) is 41.6 Å². The van der Waals surface area contributed by atoms with Crippen molar-refractivity contribution >= 4 is 7.60 Å². The number of rotatable bonds is 5. The molecule has 0 aliphatic heterocycles. The number of pyridine rings is 2. The SMILES string of the molecule is Cc1cc(C)c(-[n+]2ccc(-c3cc[n+](CCP(=O)([O-])[O-])cc3)cc2)c(C)c1. The van der Waals surface area contributed by atoms with Gasteiger partial charge in [0.2, 0.25) is 5.69 Å². The molecule has 0 unspecified atom stereocenters. The molecule has 0 radical (unpaired) electrons. The van der Waals surface area contributed by atoms with Crippen molar-refractivity contribution in [1.82, 2.24) is 0 Å². The fourth-order valence-electron chi connectivity index (χ4n) is 3.38. The largest absolute Gasteiger partial charge is 0.811 e. The molecular weight excluding hydrogens is 359 g/mol. The van der Waals surface area contributed by atoms with Crippen molar-refractivity contribution in [2.75, 3.05) is 6.16 Å². The van der Waals surface area contributed by atoms with Crippen LogP contribution in [0, 0.1) is 20.8 Å². The first-order chi connectivity index (χ1) is 12.7. The van der Waals surface area contributed by atoms with Crippen LogP contribution in [0.4, 0.5) is 0 Å². The second-order valence-electron chi connectivity index (χ2n) is 6.90. The molecule has 0 amide bonds. The second-order valence-corrected chi connectivity index (χ2v) is 8.57. The van der Waals surface area contributed by atoms with Crippen molar-refractivity contribution in [3.8, 4) is 16.8 Å². The Hall–Kier alpha value is -2.33. The molecule has 0 saturated carbocycles. The van der Waals surface area contributed by atoms with Crippen LogP contribution in [-0.2, 0) is 11.1 Å². The normalized spacial score (nSPS) is 11.6. The molecule has 140 valence electrons. The number of hydrogen-bond acceptors (Lipinski definition) is 3. The summed E-state index contributed by atoms with van der Waals surface area (Å²) < 4.78 is 14.6. The van der Waals surface area contributed by atoms with Gasteiger partial charge in [0.05, 0.1) is 0 Å². The van der Waals surface area contributed by atoms with E-state index in [4.69, 9.17) is 0 Å². The lowest BCUT2D eigenvalue weighted by molar-refractivity contribution is -0.693. The third kappa shape index (κ3) is 4.89. The van der Waals surface area contributed by atoms with Gasteiger partial charge < -0.3 is 14.4 Å². The van der Waals surface area contributed by atoms with Gasteiger partial charge in [-0.25, -0.2) is 4.57 Å². The van der Waals surface area contributed by atoms with E-state index in [1.54, 1.807) is 17.0 Å². The number of aryl methyl sites for hydroxylation is 4. The summed E-state index contributed by atoms with van der Waals surface area (Å²) in [6.45, 7) is 6.52. The predicted octanol–water partition coefficient (Wildman–Crippen LogP) is 1.76. The van der Waals surface area contributed by atoms with Crippen molar-refractivity contribution in [2.45, 2.75) is 27.3 Å². The van der Waals surface area contributed by atoms with Crippen molar-refractivity contribution in [1.29, 1.82) is 0 Å². The molecule has 2 aromatic heterocycles. The maximum absolute atomic E-state index is 10.8. The van der Waals surface area contributed by atoms with Crippen molar-refractivity contribution in [3.63, 3.8) is 0 Å². The van der Waals surface area contributed by atoms with Gasteiger partial charge in [-0.3, -0.25) is 0 Å². The number of aromatic nitrogens is 2. The minimum atomic E-state index is -4.47. The topological polar surface area (TPSA) is 71.0 Å². The van der Waals surface area contributed by atoms with Gasteiger partial charge in [0.25, 0.3) is 0 Å². The minimum Gasteiger partial charge on any atom is -0.811 e. The zero-order valence-electron chi connectivity index (χ0n) is 15.8. The summed E-state index contributed by atoms with van der Waals surface area (Å²) in [5, 5.41) is 0. The Kier molecular flexibility index (Phi) is 5.56. The van der Waals surface area contributed by atoms with Gasteiger partial charge >= 0.3 is 0 Å². The van der Waals surface area contributed by atoms with Crippen LogP contribution in [0.5, 0.6) is 0 Å². The van der Waals surface area contributed by atoms with E-state index in [-0.39, 0.29) is 12.7 Å². The maximum atomic E-state index is 10.8. The van der Waals surface area contributed by atoms with E-state index in [2.05, 4.69) is 49.6 Å². The predicted molar refractivity (Wildman–Crippen MR) is 100 cm³/mol. The Morgan fingerprint density at radius 1 is 0.852 bits per heavy atom. The van der Waals surface area contributed by atoms with Gasteiger partial charge in [0.15, 0.2) is 31.3 Å². The van der Waals surface area contributed by atoms with E-state index in [0.29, 0.717) is 0 Å². The van der Waals surface area contributed by atoms with Crippen molar-refractivity contribution in [2.24, 2.45) is 0 Å². The Labute approximate surface area is 159 Å². The molecule has 0 saturated heterocycles. The van der Waals surface area contributed by atoms with Crippen LogP contribution in [-0.4, -0.2) is 6.16 Å². The molecule has 3 rings (SSSR count). The summed E-state index contributed by atoms with van der Waals surface area (Å²) >= 11 is 0. The monoisotopic (exact) mass is 382 g/mol. The van der Waals surface area contributed by atoms with Crippen LogP contribution < -0.4 is 18.9 Å². The van der Waals surface area contributed by atoms with E-state index >= 15 is 0 Å². The standard InChI is InChI=1S/C21H23N2O3P/c1-16-14-17(2)21(18(3)15-16)23-10-6-20(7-11-23)19-4-8-22(9-5-19)12-13-27(24,25)26/h4-11,14-15H,12-13H2,1-3H3. The van der Waals surface area contributed by atoms with Crippen LogP contribution in [0.1, 0.15) is 16.7 Å². The molecule has 27 heavy (non-hydrogen) atoms. The minimum absolute atomic E-state index is 0.172. The van der Waals surface area contributed by atoms with E-state index < -0.39 is 7.60 Å². The van der Waals surface area contributed by atoms with Crippen molar-refractivity contribution < 1.29 is 23.5 Å². The fourth-order valence-corrected chi connectivity index (χ4v) is 3.86. The highest BCUT2D eigenvalue weighted by atomic mass is 31.2. The summed E-state index contributed by atoms with van der Waals surface area (Å²) in [5.74, 6) is 0. The molecule has 5 nitrogen and oxygen atoms in total. The fraction of sp³-hybridized carbons (Fsp3) is 0.238. The van der Waals surface area contributed by atoms with Crippen LogP contribution >= 0.6 is 7.60 Å². The van der Waals surface area contributed by atoms with Gasteiger partial charge in [-0.15, -0.1) is 0 Å². The maximum Gasteiger partial charge on any atom is 0.216 e. The first kappa shape index (κ1) is 19.4. The van der Waals surface area contributed by atoms with Crippen LogP contribution in [0.3, 0.4) is 0 Å². The van der Waals surface area contributed by atoms with E-state index in [0.717, 1.165) is 11.1 Å². The molecule has 0 fully saturated rings. The molecule has 0 aliphatic rings. The Morgan fingerprint density at radius 2 is 1.33 bits per heavy atom. The summed E-state index contributed by atoms with van der Waals surface area (Å²) in [7, 11) is -4.47. The third-order valence-electron chi connectivity index (χ3n) is 4.58. The summed E-state index contributed by atoms with van der Waals surface area (Å²) in [5.41, 5.74) is 7.02. The van der Waals surface area contributed by atoms with E-state index in [1.165, 1.54) is 22.4 Å². The molecule has 6 heteroatoms. The molecular formula is C21H23N2O3P. The molecule has 1 aromatic carbocycles. The second kappa shape index (κ2) is 7.73. The third-order valence-corrected chi connectivity index (χ3v) is 5.33. The number of nitrogens with zero attached hydrogens (tertiary/aromatic N) is 2. The molecule has 0 N–H and O–H groups in total. The smallest absolute Gasteiger partial charge is 0.216 e. The summed E-state index contributed by atoms with van der Waals surface area (Å²) in [6.07, 6.45) is 7.30. The first-order valence-corrected chi connectivity index (χ1v) is 10.6. The highest BCUT2D eigenvalue weighted by molar-refractivity contribution is 7.48. The lowest BCUT2D eigenvalue weighted by atomic mass is 10.0. The number of benzene rings is 1. The lowest BCUT2D eigenvalue weighted by Crippen LogP contribution is -2.36. The van der Waals surface area contributed by atoms with Gasteiger partial charge in [0.1, 0.15) is 0 Å². The quantitative estimate of drug-likeness (QED) is 0.499. The Morgan fingerprint density at radius 3 is 1.81 bits per heavy atom. The highest BCUT2D eigenvalue weighted by Gasteiger charge is 2.14. The summed E-state index contributed by atoms with van der Waals surface area (Å²) in [4.78, 5) is 21.5. The average molecular weight is 382 g/mol. The zero-order valence-corrected chi connectivity index (χ0v) is 16.6. The number of hydrogen-bond donors (Lipinski definition) is 0. The van der Waals surface area contributed by atoms with Gasteiger partial charge in [-0.1, -0.05) is 13.2 Å². The van der Waals surface area contributed by atoms with Crippen molar-refractivity contribution in [3.05, 3.63) is 77.9 Å².